The van der Waals surface area contributed by atoms with Crippen LogP contribution in [0.15, 0.2) is 41.2 Å². The van der Waals surface area contributed by atoms with Gasteiger partial charge >= 0.3 is 0 Å². The van der Waals surface area contributed by atoms with E-state index in [4.69, 9.17) is 0 Å². The smallest absolute Gasteiger partial charge is 0.195 e. The molecule has 0 unspecified atom stereocenters. The SMILES string of the molecule is Cc1c(-c2ccc(N3CC[C@@H](F)C3)cc2)[nH]c2cc(F)cc(F)c2c1=O. The molecule has 0 radical (unpaired) electrons. The number of nitrogens with zero attached hydrogens (tertiary/aromatic N) is 1. The summed E-state index contributed by atoms with van der Waals surface area (Å²) in [6.07, 6.45) is -0.283. The van der Waals surface area contributed by atoms with E-state index in [1.807, 2.05) is 29.2 Å². The predicted molar refractivity (Wildman–Crippen MR) is 96.4 cm³/mol. The molecule has 3 nitrogen and oxygen atoms in total. The molecule has 1 fully saturated rings. The van der Waals surface area contributed by atoms with Crippen LogP contribution in [0.5, 0.6) is 0 Å². The molecule has 0 bridgehead atoms. The van der Waals surface area contributed by atoms with Crippen molar-refractivity contribution in [3.05, 3.63) is 63.8 Å². The number of benzene rings is 2. The maximum atomic E-state index is 14.0. The Morgan fingerprint density at radius 2 is 1.88 bits per heavy atom. The summed E-state index contributed by atoms with van der Waals surface area (Å²) in [5.74, 6) is -1.62. The number of H-pyrrole nitrogens is 1. The number of fused-ring (bicyclic) bond motifs is 1. The fourth-order valence-corrected chi connectivity index (χ4v) is 3.51. The first-order valence-electron chi connectivity index (χ1n) is 8.45. The minimum absolute atomic E-state index is 0.122. The third-order valence-electron chi connectivity index (χ3n) is 4.91. The lowest BCUT2D eigenvalue weighted by Gasteiger charge is -2.18. The molecule has 1 aliphatic rings. The minimum atomic E-state index is -0.874. The fraction of sp³-hybridized carbons (Fsp3) is 0.250. The van der Waals surface area contributed by atoms with Crippen molar-refractivity contribution in [3.63, 3.8) is 0 Å². The number of anilines is 1. The van der Waals surface area contributed by atoms with Gasteiger partial charge in [0.05, 0.1) is 16.6 Å². The molecule has 4 rings (SSSR count). The maximum absolute atomic E-state index is 14.0. The first-order valence-corrected chi connectivity index (χ1v) is 8.45. The van der Waals surface area contributed by atoms with Gasteiger partial charge in [-0.05, 0) is 37.1 Å². The second-order valence-corrected chi connectivity index (χ2v) is 6.64. The normalized spacial score (nSPS) is 17.2. The monoisotopic (exact) mass is 358 g/mol. The molecular formula is C20H17F3N2O. The molecular weight excluding hydrogens is 341 g/mol. The summed E-state index contributed by atoms with van der Waals surface area (Å²) in [7, 11) is 0. The van der Waals surface area contributed by atoms with Crippen LogP contribution in [0.25, 0.3) is 22.2 Å². The predicted octanol–water partition coefficient (Wildman–Crippen LogP) is 4.33. The van der Waals surface area contributed by atoms with E-state index in [-0.39, 0.29) is 10.9 Å². The highest BCUT2D eigenvalue weighted by Gasteiger charge is 2.22. The lowest BCUT2D eigenvalue weighted by atomic mass is 10.0. The van der Waals surface area contributed by atoms with Crippen LogP contribution in [-0.2, 0) is 0 Å². The van der Waals surface area contributed by atoms with Crippen molar-refractivity contribution in [1.29, 1.82) is 0 Å². The summed E-state index contributed by atoms with van der Waals surface area (Å²) in [6.45, 7) is 2.66. The van der Waals surface area contributed by atoms with E-state index in [2.05, 4.69) is 4.98 Å². The van der Waals surface area contributed by atoms with Crippen LogP contribution in [0.4, 0.5) is 18.9 Å². The van der Waals surface area contributed by atoms with Gasteiger partial charge in [-0.1, -0.05) is 12.1 Å². The third-order valence-corrected chi connectivity index (χ3v) is 4.91. The van der Waals surface area contributed by atoms with Crippen LogP contribution in [0.1, 0.15) is 12.0 Å². The van der Waals surface area contributed by atoms with Gasteiger partial charge in [-0.2, -0.15) is 0 Å². The summed E-state index contributed by atoms with van der Waals surface area (Å²) in [6, 6.07) is 9.19. The number of halogens is 3. The molecule has 0 spiro atoms. The van der Waals surface area contributed by atoms with Gasteiger partial charge in [-0.15, -0.1) is 0 Å². The van der Waals surface area contributed by atoms with E-state index in [1.54, 1.807) is 6.92 Å². The Bertz CT molecular complexity index is 1040. The number of aromatic nitrogens is 1. The van der Waals surface area contributed by atoms with Crippen LogP contribution < -0.4 is 10.3 Å². The first-order chi connectivity index (χ1) is 12.4. The van der Waals surface area contributed by atoms with Crippen molar-refractivity contribution < 1.29 is 13.2 Å². The summed E-state index contributed by atoms with van der Waals surface area (Å²) >= 11 is 0. The Balaban J connectivity index is 1.79. The topological polar surface area (TPSA) is 36.1 Å². The zero-order chi connectivity index (χ0) is 18.4. The van der Waals surface area contributed by atoms with Crippen LogP contribution in [0.3, 0.4) is 0 Å². The molecule has 1 aromatic heterocycles. The standard InChI is InChI=1S/C20H17F3N2O/c1-11-19(24-17-9-14(22)8-16(23)18(17)20(11)26)12-2-4-15(5-3-12)25-7-6-13(21)10-25/h2-5,8-9,13H,6-7,10H2,1H3,(H,24,26)/t13-/m1/s1. The molecule has 2 aromatic carbocycles. The molecule has 1 atom stereocenters. The highest BCUT2D eigenvalue weighted by molar-refractivity contribution is 5.84. The zero-order valence-corrected chi connectivity index (χ0v) is 14.2. The highest BCUT2D eigenvalue weighted by atomic mass is 19.1. The maximum Gasteiger partial charge on any atom is 0.195 e. The van der Waals surface area contributed by atoms with Crippen molar-refractivity contribution in [3.8, 4) is 11.3 Å². The number of nitrogens with one attached hydrogen (secondary N) is 1. The van der Waals surface area contributed by atoms with Gasteiger partial charge in [-0.25, -0.2) is 13.2 Å². The number of alkyl halides is 1. The molecule has 6 heteroatoms. The van der Waals surface area contributed by atoms with Gasteiger partial charge in [-0.3, -0.25) is 4.79 Å². The van der Waals surface area contributed by atoms with Gasteiger partial charge in [0.15, 0.2) is 5.43 Å². The van der Waals surface area contributed by atoms with Gasteiger partial charge in [0.2, 0.25) is 0 Å². The van der Waals surface area contributed by atoms with Crippen molar-refractivity contribution in [2.45, 2.75) is 19.5 Å². The van der Waals surface area contributed by atoms with E-state index in [0.717, 1.165) is 17.3 Å². The number of pyridine rings is 1. The fourth-order valence-electron chi connectivity index (χ4n) is 3.51. The van der Waals surface area contributed by atoms with Crippen molar-refractivity contribution in [1.82, 2.24) is 4.98 Å². The van der Waals surface area contributed by atoms with Crippen LogP contribution >= 0.6 is 0 Å². The molecule has 1 aliphatic heterocycles. The Hall–Kier alpha value is -2.76. The highest BCUT2D eigenvalue weighted by Crippen LogP contribution is 2.28. The molecule has 0 saturated carbocycles. The number of rotatable bonds is 2. The zero-order valence-electron chi connectivity index (χ0n) is 14.2. The van der Waals surface area contributed by atoms with E-state index < -0.39 is 23.2 Å². The number of hydrogen-bond donors (Lipinski definition) is 1. The van der Waals surface area contributed by atoms with Gasteiger partial charge in [0.25, 0.3) is 0 Å². The Morgan fingerprint density at radius 1 is 1.15 bits per heavy atom. The molecule has 134 valence electrons. The van der Waals surface area contributed by atoms with Crippen molar-refractivity contribution in [2.75, 3.05) is 18.0 Å². The molecule has 1 N–H and O–H groups in total. The summed E-state index contributed by atoms with van der Waals surface area (Å²) < 4.78 is 40.9. The van der Waals surface area contributed by atoms with Gasteiger partial charge in [0.1, 0.15) is 17.8 Å². The quantitative estimate of drug-likeness (QED) is 0.740. The third kappa shape index (κ3) is 2.75. The molecule has 1 saturated heterocycles. The molecule has 0 aliphatic carbocycles. The van der Waals surface area contributed by atoms with Crippen molar-refractivity contribution >= 4 is 16.6 Å². The van der Waals surface area contributed by atoms with E-state index in [9.17, 15) is 18.0 Å². The Kier molecular flexibility index (Phi) is 3.98. The first kappa shape index (κ1) is 16.7. The van der Waals surface area contributed by atoms with E-state index in [1.165, 1.54) is 0 Å². The lowest BCUT2D eigenvalue weighted by molar-refractivity contribution is 0.364. The second kappa shape index (κ2) is 6.20. The minimum Gasteiger partial charge on any atom is -0.369 e. The average molecular weight is 358 g/mol. The van der Waals surface area contributed by atoms with E-state index in [0.29, 0.717) is 36.8 Å². The van der Waals surface area contributed by atoms with Gasteiger partial charge in [0, 0.05) is 30.4 Å². The molecule has 26 heavy (non-hydrogen) atoms. The molecule has 3 aromatic rings. The summed E-state index contributed by atoms with van der Waals surface area (Å²) in [5, 5.41) is -0.143. The van der Waals surface area contributed by atoms with Gasteiger partial charge < -0.3 is 9.88 Å². The Labute approximate surface area is 148 Å². The van der Waals surface area contributed by atoms with Crippen molar-refractivity contribution in [2.24, 2.45) is 0 Å². The molecule has 0 amide bonds. The molecule has 2 heterocycles. The number of hydrogen-bond acceptors (Lipinski definition) is 2. The second-order valence-electron chi connectivity index (χ2n) is 6.64. The van der Waals surface area contributed by atoms with Crippen LogP contribution in [0.2, 0.25) is 0 Å². The summed E-state index contributed by atoms with van der Waals surface area (Å²) in [4.78, 5) is 17.5. The number of aromatic amines is 1. The summed E-state index contributed by atoms with van der Waals surface area (Å²) in [5.41, 5.74) is 2.18. The average Bonchev–Trinajstić information content (AvgIpc) is 3.04. The largest absolute Gasteiger partial charge is 0.369 e. The lowest BCUT2D eigenvalue weighted by Crippen LogP contribution is -2.19. The van der Waals surface area contributed by atoms with E-state index >= 15 is 0 Å². The van der Waals surface area contributed by atoms with Crippen LogP contribution in [0, 0.1) is 18.6 Å². The Morgan fingerprint density at radius 3 is 2.54 bits per heavy atom. The van der Waals surface area contributed by atoms with Crippen LogP contribution in [-0.4, -0.2) is 24.2 Å².